The lowest BCUT2D eigenvalue weighted by Gasteiger charge is -2.11. The van der Waals surface area contributed by atoms with E-state index in [2.05, 4.69) is 4.98 Å². The second kappa shape index (κ2) is 9.17. The number of nitrogens with zero attached hydrogens (tertiary/aromatic N) is 2. The van der Waals surface area contributed by atoms with Crippen molar-refractivity contribution in [2.75, 3.05) is 0 Å². The fourth-order valence-corrected chi connectivity index (χ4v) is 3.77. The van der Waals surface area contributed by atoms with Gasteiger partial charge in [0.05, 0.1) is 17.5 Å². The quantitative estimate of drug-likeness (QED) is 0.553. The first-order valence-corrected chi connectivity index (χ1v) is 11.1. The van der Waals surface area contributed by atoms with Crippen LogP contribution in [0.25, 0.3) is 6.08 Å². The van der Waals surface area contributed by atoms with Crippen molar-refractivity contribution < 1.29 is 26.4 Å². The summed E-state index contributed by atoms with van der Waals surface area (Å²) in [5, 5.41) is 0.777. The minimum atomic E-state index is -4.52. The number of aromatic nitrogens is 2. The van der Waals surface area contributed by atoms with E-state index >= 15 is 0 Å². The molecule has 1 aromatic heterocycles. The van der Waals surface area contributed by atoms with E-state index in [1.807, 2.05) is 4.72 Å². The van der Waals surface area contributed by atoms with Gasteiger partial charge in [-0.2, -0.15) is 13.2 Å². The van der Waals surface area contributed by atoms with Crippen LogP contribution in [0.1, 0.15) is 33.0 Å². The summed E-state index contributed by atoms with van der Waals surface area (Å²) in [7, 11) is -4.07. The van der Waals surface area contributed by atoms with Gasteiger partial charge < -0.3 is 4.57 Å². The number of aryl methyl sites for hydroxylation is 1. The molecule has 0 unspecified atom stereocenters. The van der Waals surface area contributed by atoms with Crippen molar-refractivity contribution in [2.24, 2.45) is 0 Å². The summed E-state index contributed by atoms with van der Waals surface area (Å²) >= 11 is 5.98. The minimum absolute atomic E-state index is 0.0454. The Bertz CT molecular complexity index is 1270. The number of hydrogen-bond donors (Lipinski definition) is 1. The van der Waals surface area contributed by atoms with E-state index < -0.39 is 27.7 Å². The fourth-order valence-electron chi connectivity index (χ4n) is 2.76. The molecule has 0 atom stereocenters. The lowest BCUT2D eigenvalue weighted by atomic mass is 10.1. The SMILES string of the molecule is Cc1nc(C(=O)NS(=O)(=O)C=Cc2ccccc2)cn1Cc1ccc(C(F)(F)F)cc1Cl. The number of hydrogen-bond acceptors (Lipinski definition) is 4. The Morgan fingerprint density at radius 1 is 1.19 bits per heavy atom. The van der Waals surface area contributed by atoms with E-state index in [9.17, 15) is 26.4 Å². The Labute approximate surface area is 187 Å². The number of halogens is 4. The fraction of sp³-hybridized carbons (Fsp3) is 0.143. The van der Waals surface area contributed by atoms with Crippen LogP contribution in [0.4, 0.5) is 13.2 Å². The van der Waals surface area contributed by atoms with Gasteiger partial charge in [0.2, 0.25) is 0 Å². The first-order chi connectivity index (χ1) is 14.9. The van der Waals surface area contributed by atoms with Crippen LogP contribution in [0.3, 0.4) is 0 Å². The van der Waals surface area contributed by atoms with Gasteiger partial charge in [0.1, 0.15) is 11.5 Å². The molecule has 2 aromatic carbocycles. The van der Waals surface area contributed by atoms with Crippen molar-refractivity contribution in [2.45, 2.75) is 19.6 Å². The molecule has 0 bridgehead atoms. The molecular weight excluding hydrogens is 467 g/mol. The Morgan fingerprint density at radius 2 is 1.88 bits per heavy atom. The summed E-state index contributed by atoms with van der Waals surface area (Å²) in [5.41, 5.74) is -0.0194. The molecule has 0 saturated heterocycles. The largest absolute Gasteiger partial charge is 0.416 e. The molecule has 168 valence electrons. The molecule has 32 heavy (non-hydrogen) atoms. The predicted molar refractivity (Wildman–Crippen MR) is 114 cm³/mol. The summed E-state index contributed by atoms with van der Waals surface area (Å²) in [6.07, 6.45) is -1.88. The maximum atomic E-state index is 12.8. The van der Waals surface area contributed by atoms with Gasteiger partial charge in [0.25, 0.3) is 15.9 Å². The molecule has 1 heterocycles. The number of alkyl halides is 3. The summed E-state index contributed by atoms with van der Waals surface area (Å²) in [5.74, 6) is -0.591. The van der Waals surface area contributed by atoms with Gasteiger partial charge in [-0.15, -0.1) is 0 Å². The lowest BCUT2D eigenvalue weighted by molar-refractivity contribution is -0.137. The minimum Gasteiger partial charge on any atom is -0.330 e. The highest BCUT2D eigenvalue weighted by Gasteiger charge is 2.31. The molecule has 0 aliphatic carbocycles. The van der Waals surface area contributed by atoms with E-state index in [1.54, 1.807) is 37.3 Å². The van der Waals surface area contributed by atoms with Crippen LogP contribution in [-0.4, -0.2) is 23.9 Å². The molecule has 1 amide bonds. The van der Waals surface area contributed by atoms with Gasteiger partial charge >= 0.3 is 6.18 Å². The summed E-state index contributed by atoms with van der Waals surface area (Å²) in [6.45, 7) is 1.61. The average Bonchev–Trinajstić information content (AvgIpc) is 3.08. The molecule has 11 heteroatoms. The van der Waals surface area contributed by atoms with Crippen molar-refractivity contribution in [3.05, 3.63) is 93.4 Å². The molecule has 0 saturated carbocycles. The molecule has 3 aromatic rings. The van der Waals surface area contributed by atoms with Gasteiger partial charge in [-0.25, -0.2) is 18.1 Å². The van der Waals surface area contributed by atoms with E-state index in [-0.39, 0.29) is 17.3 Å². The first-order valence-electron chi connectivity index (χ1n) is 9.14. The second-order valence-electron chi connectivity index (χ2n) is 6.79. The summed E-state index contributed by atoms with van der Waals surface area (Å²) in [4.78, 5) is 16.4. The Morgan fingerprint density at radius 3 is 2.50 bits per heavy atom. The van der Waals surface area contributed by atoms with Crippen LogP contribution in [-0.2, 0) is 22.7 Å². The van der Waals surface area contributed by atoms with E-state index in [1.165, 1.54) is 22.9 Å². The van der Waals surface area contributed by atoms with Crippen molar-refractivity contribution >= 4 is 33.6 Å². The van der Waals surface area contributed by atoms with Crippen molar-refractivity contribution in [1.29, 1.82) is 0 Å². The molecule has 0 aliphatic rings. The molecule has 3 rings (SSSR count). The van der Waals surface area contributed by atoms with Crippen LogP contribution in [0, 0.1) is 6.92 Å². The van der Waals surface area contributed by atoms with Gasteiger partial charge in [-0.05, 0) is 36.3 Å². The highest BCUT2D eigenvalue weighted by molar-refractivity contribution is 7.93. The third-order valence-electron chi connectivity index (χ3n) is 4.40. The van der Waals surface area contributed by atoms with Crippen LogP contribution >= 0.6 is 11.6 Å². The third-order valence-corrected chi connectivity index (χ3v) is 5.72. The number of carbonyl (C=O) groups is 1. The maximum absolute atomic E-state index is 12.8. The molecule has 6 nitrogen and oxygen atoms in total. The Kier molecular flexibility index (Phi) is 6.75. The van der Waals surface area contributed by atoms with E-state index in [0.717, 1.165) is 17.5 Å². The van der Waals surface area contributed by atoms with Crippen LogP contribution < -0.4 is 4.72 Å². The summed E-state index contributed by atoms with van der Waals surface area (Å²) < 4.78 is 66.1. The zero-order chi connectivity index (χ0) is 23.5. The smallest absolute Gasteiger partial charge is 0.330 e. The van der Waals surface area contributed by atoms with E-state index in [0.29, 0.717) is 17.0 Å². The summed E-state index contributed by atoms with van der Waals surface area (Å²) in [6, 6.07) is 11.6. The molecule has 0 aliphatic heterocycles. The second-order valence-corrected chi connectivity index (χ2v) is 8.77. The zero-order valence-corrected chi connectivity index (χ0v) is 18.2. The number of imidazole rings is 1. The molecule has 0 spiro atoms. The molecule has 0 fully saturated rings. The van der Waals surface area contributed by atoms with Gasteiger partial charge in [-0.1, -0.05) is 48.0 Å². The number of nitrogens with one attached hydrogen (secondary N) is 1. The first kappa shape index (κ1) is 23.6. The number of carbonyl (C=O) groups excluding carboxylic acids is 1. The van der Waals surface area contributed by atoms with Gasteiger partial charge in [0.15, 0.2) is 0 Å². The van der Waals surface area contributed by atoms with Crippen molar-refractivity contribution in [3.8, 4) is 0 Å². The monoisotopic (exact) mass is 483 g/mol. The van der Waals surface area contributed by atoms with Gasteiger partial charge in [-0.3, -0.25) is 4.79 Å². The van der Waals surface area contributed by atoms with Crippen LogP contribution in [0.5, 0.6) is 0 Å². The van der Waals surface area contributed by atoms with Crippen LogP contribution in [0.2, 0.25) is 5.02 Å². The van der Waals surface area contributed by atoms with E-state index in [4.69, 9.17) is 11.6 Å². The lowest BCUT2D eigenvalue weighted by Crippen LogP contribution is -2.29. The molecule has 1 N–H and O–H groups in total. The molecular formula is C21H17ClF3N3O3S. The average molecular weight is 484 g/mol. The Hall–Kier alpha value is -3.11. The van der Waals surface area contributed by atoms with Crippen LogP contribution in [0.15, 0.2) is 60.1 Å². The standard InChI is InChI=1S/C21H17ClF3N3O3S/c1-14-26-19(20(29)27-32(30,31)10-9-15-5-3-2-4-6-15)13-28(14)12-16-7-8-17(11-18(16)22)21(23,24)25/h2-11,13H,12H2,1H3,(H,27,29). The van der Waals surface area contributed by atoms with Crippen molar-refractivity contribution in [3.63, 3.8) is 0 Å². The highest BCUT2D eigenvalue weighted by Crippen LogP contribution is 2.32. The maximum Gasteiger partial charge on any atom is 0.416 e. The normalized spacial score (nSPS) is 12.3. The third kappa shape index (κ3) is 5.98. The van der Waals surface area contributed by atoms with Gasteiger partial charge in [0, 0.05) is 11.2 Å². The number of amides is 1. The predicted octanol–water partition coefficient (Wildman–Crippen LogP) is 4.64. The highest BCUT2D eigenvalue weighted by atomic mass is 35.5. The number of benzene rings is 2. The topological polar surface area (TPSA) is 81.1 Å². The van der Waals surface area contributed by atoms with Crippen molar-refractivity contribution in [1.82, 2.24) is 14.3 Å². The Balaban J connectivity index is 1.73. The number of sulfonamides is 1. The molecule has 0 radical (unpaired) electrons. The number of rotatable bonds is 6. The zero-order valence-electron chi connectivity index (χ0n) is 16.6.